The molecule has 8 heteroatoms. The van der Waals surface area contributed by atoms with Gasteiger partial charge in [-0.3, -0.25) is 4.79 Å². The molecule has 1 N–H and O–H groups in total. The lowest BCUT2D eigenvalue weighted by Gasteiger charge is -2.44. The SMILES string of the molecule is O=C(C1CCCCC1)N1C[C@@H](O)[C@@H](n2cc(-c3ccc(F)cc3)nn2)C[C@@H]1c1ccc(Cl)cc1. The summed E-state index contributed by atoms with van der Waals surface area (Å²) in [4.78, 5) is 15.4. The van der Waals surface area contributed by atoms with Crippen LogP contribution in [0, 0.1) is 11.7 Å². The van der Waals surface area contributed by atoms with Gasteiger partial charge in [-0.05, 0) is 61.2 Å². The van der Waals surface area contributed by atoms with E-state index in [1.807, 2.05) is 29.2 Å². The van der Waals surface area contributed by atoms with E-state index >= 15 is 0 Å². The lowest BCUT2D eigenvalue weighted by atomic mass is 9.85. The molecule has 0 radical (unpaired) electrons. The van der Waals surface area contributed by atoms with Gasteiger partial charge in [0.15, 0.2) is 0 Å². The molecule has 2 aliphatic rings. The number of benzene rings is 2. The average Bonchev–Trinajstić information content (AvgIpc) is 3.35. The molecule has 1 amide bonds. The Morgan fingerprint density at radius 1 is 1.03 bits per heavy atom. The quantitative estimate of drug-likeness (QED) is 0.555. The molecule has 6 nitrogen and oxygen atoms in total. The second kappa shape index (κ2) is 9.84. The van der Waals surface area contributed by atoms with Crippen molar-refractivity contribution >= 4 is 17.5 Å². The maximum Gasteiger partial charge on any atom is 0.226 e. The fourth-order valence-corrected chi connectivity index (χ4v) is 5.39. The number of hydrogen-bond acceptors (Lipinski definition) is 4. The number of β-amino-alcohol motifs (C(OH)–C–C–N with tert-alkyl or cyclic N) is 1. The van der Waals surface area contributed by atoms with Gasteiger partial charge in [-0.25, -0.2) is 9.07 Å². The smallest absolute Gasteiger partial charge is 0.226 e. The van der Waals surface area contributed by atoms with Crippen LogP contribution in [-0.4, -0.2) is 43.6 Å². The summed E-state index contributed by atoms with van der Waals surface area (Å²) in [6.07, 6.45) is 6.65. The van der Waals surface area contributed by atoms with E-state index in [4.69, 9.17) is 11.6 Å². The van der Waals surface area contributed by atoms with Crippen molar-refractivity contribution in [2.24, 2.45) is 5.92 Å². The third-order valence-corrected chi connectivity index (χ3v) is 7.40. The molecule has 2 heterocycles. The molecule has 5 rings (SSSR count). The molecular weight excluding hydrogens is 455 g/mol. The molecule has 2 fully saturated rings. The number of carbonyl (C=O) groups excluding carboxylic acids is 1. The fourth-order valence-electron chi connectivity index (χ4n) is 5.27. The monoisotopic (exact) mass is 482 g/mol. The van der Waals surface area contributed by atoms with Crippen LogP contribution < -0.4 is 0 Å². The molecule has 178 valence electrons. The first kappa shape index (κ1) is 23.0. The lowest BCUT2D eigenvalue weighted by molar-refractivity contribution is -0.145. The van der Waals surface area contributed by atoms with E-state index in [2.05, 4.69) is 10.3 Å². The molecule has 3 aromatic rings. The van der Waals surface area contributed by atoms with Crippen molar-refractivity contribution in [3.05, 3.63) is 71.1 Å². The first-order valence-corrected chi connectivity index (χ1v) is 12.3. The summed E-state index contributed by atoms with van der Waals surface area (Å²) in [5.41, 5.74) is 2.35. The van der Waals surface area contributed by atoms with E-state index in [-0.39, 0.29) is 36.3 Å². The first-order valence-electron chi connectivity index (χ1n) is 11.9. The van der Waals surface area contributed by atoms with Gasteiger partial charge in [-0.1, -0.05) is 48.2 Å². The topological polar surface area (TPSA) is 71.2 Å². The van der Waals surface area contributed by atoms with Crippen LogP contribution in [-0.2, 0) is 4.79 Å². The molecule has 1 aromatic heterocycles. The zero-order chi connectivity index (χ0) is 23.7. The van der Waals surface area contributed by atoms with Crippen molar-refractivity contribution in [2.45, 2.75) is 56.7 Å². The Morgan fingerprint density at radius 3 is 2.44 bits per heavy atom. The van der Waals surface area contributed by atoms with Gasteiger partial charge in [0.25, 0.3) is 0 Å². The highest BCUT2D eigenvalue weighted by atomic mass is 35.5. The zero-order valence-corrected chi connectivity index (χ0v) is 19.6. The van der Waals surface area contributed by atoms with E-state index in [0.717, 1.165) is 36.8 Å². The number of aromatic nitrogens is 3. The molecule has 2 aromatic carbocycles. The highest BCUT2D eigenvalue weighted by Gasteiger charge is 2.41. The van der Waals surface area contributed by atoms with Crippen LogP contribution in [0.2, 0.25) is 5.02 Å². The number of hydrogen-bond donors (Lipinski definition) is 1. The molecule has 1 saturated heterocycles. The predicted molar refractivity (Wildman–Crippen MR) is 128 cm³/mol. The average molecular weight is 483 g/mol. The number of nitrogens with zero attached hydrogens (tertiary/aromatic N) is 4. The Balaban J connectivity index is 1.43. The van der Waals surface area contributed by atoms with Gasteiger partial charge in [0.2, 0.25) is 5.91 Å². The summed E-state index contributed by atoms with van der Waals surface area (Å²) in [5, 5.41) is 20.3. The van der Waals surface area contributed by atoms with Gasteiger partial charge in [-0.15, -0.1) is 5.10 Å². The molecule has 1 aliphatic carbocycles. The van der Waals surface area contributed by atoms with E-state index in [0.29, 0.717) is 17.1 Å². The van der Waals surface area contributed by atoms with Crippen molar-refractivity contribution in [1.82, 2.24) is 19.9 Å². The van der Waals surface area contributed by atoms with Crippen LogP contribution in [0.3, 0.4) is 0 Å². The Morgan fingerprint density at radius 2 is 1.74 bits per heavy atom. The predicted octanol–water partition coefficient (Wildman–Crippen LogP) is 5.19. The van der Waals surface area contributed by atoms with E-state index in [1.54, 1.807) is 23.0 Å². The third-order valence-electron chi connectivity index (χ3n) is 7.15. The van der Waals surface area contributed by atoms with Crippen LogP contribution in [0.4, 0.5) is 4.39 Å². The standard InChI is InChI=1S/C26H28ClFN4O2/c27-20-10-6-18(7-11-20)23-14-24(25(33)16-31(23)26(34)19-4-2-1-3-5-19)32-15-22(29-30-32)17-8-12-21(28)13-9-17/h6-13,15,19,23-25,33H,1-5,14,16H2/t23-,24+,25-/m1/s1. The minimum absolute atomic E-state index is 0.0174. The molecule has 0 bridgehead atoms. The Hall–Kier alpha value is -2.77. The normalized spacial score (nSPS) is 23.7. The lowest BCUT2D eigenvalue weighted by Crippen LogP contribution is -2.51. The van der Waals surface area contributed by atoms with Gasteiger partial charge in [0.1, 0.15) is 11.5 Å². The second-order valence-corrected chi connectivity index (χ2v) is 9.79. The number of amides is 1. The first-order chi connectivity index (χ1) is 16.5. The van der Waals surface area contributed by atoms with Gasteiger partial charge in [0.05, 0.1) is 24.4 Å². The van der Waals surface area contributed by atoms with Gasteiger partial charge < -0.3 is 10.0 Å². The number of likely N-dealkylation sites (tertiary alicyclic amines) is 1. The van der Waals surface area contributed by atoms with Crippen LogP contribution in [0.1, 0.15) is 56.2 Å². The number of halogens is 2. The number of aliphatic hydroxyl groups excluding tert-OH is 1. The largest absolute Gasteiger partial charge is 0.389 e. The van der Waals surface area contributed by atoms with Gasteiger partial charge in [0, 0.05) is 23.0 Å². The molecule has 1 saturated carbocycles. The number of rotatable bonds is 4. The summed E-state index contributed by atoms with van der Waals surface area (Å²) in [6.45, 7) is 0.235. The van der Waals surface area contributed by atoms with E-state index in [1.165, 1.54) is 18.6 Å². The third kappa shape index (κ3) is 4.72. The summed E-state index contributed by atoms with van der Waals surface area (Å²) < 4.78 is 15.0. The summed E-state index contributed by atoms with van der Waals surface area (Å²) in [7, 11) is 0. The van der Waals surface area contributed by atoms with Gasteiger partial charge >= 0.3 is 0 Å². The summed E-state index contributed by atoms with van der Waals surface area (Å²) in [5.74, 6) is -0.168. The van der Waals surface area contributed by atoms with Gasteiger partial charge in [-0.2, -0.15) is 0 Å². The Labute approximate surface area is 203 Å². The number of aliphatic hydroxyl groups is 1. The maximum atomic E-state index is 13.5. The molecular formula is C26H28ClFN4O2. The zero-order valence-electron chi connectivity index (χ0n) is 18.9. The van der Waals surface area contributed by atoms with Crippen LogP contribution in [0.5, 0.6) is 0 Å². The molecule has 0 unspecified atom stereocenters. The minimum atomic E-state index is -0.779. The molecule has 34 heavy (non-hydrogen) atoms. The van der Waals surface area contributed by atoms with Crippen molar-refractivity contribution in [2.75, 3.05) is 6.54 Å². The highest BCUT2D eigenvalue weighted by molar-refractivity contribution is 6.30. The van der Waals surface area contributed by atoms with Crippen LogP contribution in [0.15, 0.2) is 54.7 Å². The van der Waals surface area contributed by atoms with E-state index in [9.17, 15) is 14.3 Å². The van der Waals surface area contributed by atoms with Crippen LogP contribution in [0.25, 0.3) is 11.3 Å². The summed E-state index contributed by atoms with van der Waals surface area (Å²) in [6, 6.07) is 13.1. The minimum Gasteiger partial charge on any atom is -0.389 e. The maximum absolute atomic E-state index is 13.5. The van der Waals surface area contributed by atoms with Crippen LogP contribution >= 0.6 is 11.6 Å². The van der Waals surface area contributed by atoms with Crippen molar-refractivity contribution < 1.29 is 14.3 Å². The molecule has 0 spiro atoms. The number of piperidine rings is 1. The second-order valence-electron chi connectivity index (χ2n) is 9.35. The summed E-state index contributed by atoms with van der Waals surface area (Å²) >= 11 is 6.12. The van der Waals surface area contributed by atoms with Crippen molar-refractivity contribution in [3.63, 3.8) is 0 Å². The molecule has 1 aliphatic heterocycles. The van der Waals surface area contributed by atoms with E-state index < -0.39 is 6.10 Å². The Kier molecular flexibility index (Phi) is 6.66. The van der Waals surface area contributed by atoms with Crippen molar-refractivity contribution in [1.29, 1.82) is 0 Å². The highest BCUT2D eigenvalue weighted by Crippen LogP contribution is 2.39. The van der Waals surface area contributed by atoms with Crippen molar-refractivity contribution in [3.8, 4) is 11.3 Å². The Bertz CT molecular complexity index is 1130. The molecule has 3 atom stereocenters. The fraction of sp³-hybridized carbons (Fsp3) is 0.423. The number of carbonyl (C=O) groups is 1.